The summed E-state index contributed by atoms with van der Waals surface area (Å²) < 4.78 is 14.8. The lowest BCUT2D eigenvalue weighted by atomic mass is 10.0. The number of hydrogen-bond donors (Lipinski definition) is 1. The highest BCUT2D eigenvalue weighted by Gasteiger charge is 2.16. The number of rotatable bonds is 4. The number of aliphatic hydroxyl groups is 1. The molecule has 4 aromatic rings. The fourth-order valence-corrected chi connectivity index (χ4v) is 4.13. The van der Waals surface area contributed by atoms with Crippen LogP contribution in [-0.4, -0.2) is 14.7 Å². The highest BCUT2D eigenvalue weighted by molar-refractivity contribution is 7.17. The van der Waals surface area contributed by atoms with Gasteiger partial charge in [-0.25, -0.2) is 9.37 Å². The number of aryl methyl sites for hydroxylation is 2. The Bertz CT molecular complexity index is 1230. The molecule has 0 aliphatic carbocycles. The molecule has 142 valence electrons. The maximum atomic E-state index is 13.4. The first-order valence-electron chi connectivity index (χ1n) is 8.92. The SMILES string of the molecule is Cc1ccc(-c2csc3ncn(CC(O)c4cccc(F)c4)c(=O)c23)cc1C. The molecule has 1 N–H and O–H groups in total. The highest BCUT2D eigenvalue weighted by Crippen LogP contribution is 2.31. The molecule has 0 aliphatic rings. The molecule has 6 heteroatoms. The third-order valence-corrected chi connectivity index (χ3v) is 5.87. The van der Waals surface area contributed by atoms with E-state index in [2.05, 4.69) is 11.1 Å². The molecule has 4 nitrogen and oxygen atoms in total. The van der Waals surface area contributed by atoms with Crippen LogP contribution in [0.15, 0.2) is 59.0 Å². The summed E-state index contributed by atoms with van der Waals surface area (Å²) >= 11 is 1.42. The fraction of sp³-hybridized carbons (Fsp3) is 0.182. The van der Waals surface area contributed by atoms with Gasteiger partial charge in [-0.05, 0) is 48.2 Å². The van der Waals surface area contributed by atoms with Crippen LogP contribution in [0.25, 0.3) is 21.3 Å². The Morgan fingerprint density at radius 1 is 1.18 bits per heavy atom. The molecule has 0 saturated heterocycles. The first kappa shape index (κ1) is 18.5. The Kier molecular flexibility index (Phi) is 4.83. The minimum atomic E-state index is -1.00. The van der Waals surface area contributed by atoms with Crippen molar-refractivity contribution in [1.29, 1.82) is 0 Å². The van der Waals surface area contributed by atoms with Crippen molar-refractivity contribution < 1.29 is 9.50 Å². The minimum absolute atomic E-state index is 0.00738. The Morgan fingerprint density at radius 2 is 2.00 bits per heavy atom. The van der Waals surface area contributed by atoms with E-state index in [0.29, 0.717) is 15.8 Å². The number of halogens is 1. The fourth-order valence-electron chi connectivity index (χ4n) is 3.22. The van der Waals surface area contributed by atoms with Gasteiger partial charge >= 0.3 is 0 Å². The quantitative estimate of drug-likeness (QED) is 0.550. The molecular weight excluding hydrogens is 375 g/mol. The molecule has 0 amide bonds. The monoisotopic (exact) mass is 394 g/mol. The zero-order chi connectivity index (χ0) is 19.8. The maximum absolute atomic E-state index is 13.4. The molecule has 0 saturated carbocycles. The van der Waals surface area contributed by atoms with E-state index in [0.717, 1.165) is 16.7 Å². The lowest BCUT2D eigenvalue weighted by molar-refractivity contribution is 0.154. The first-order chi connectivity index (χ1) is 13.4. The van der Waals surface area contributed by atoms with Gasteiger partial charge in [0.15, 0.2) is 0 Å². The number of aromatic nitrogens is 2. The Labute approximate surface area is 165 Å². The van der Waals surface area contributed by atoms with E-state index < -0.39 is 11.9 Å². The topological polar surface area (TPSA) is 55.1 Å². The lowest BCUT2D eigenvalue weighted by Gasteiger charge is -2.13. The molecule has 0 fully saturated rings. The van der Waals surface area contributed by atoms with Crippen molar-refractivity contribution in [2.45, 2.75) is 26.5 Å². The van der Waals surface area contributed by atoms with Crippen LogP contribution in [0.1, 0.15) is 22.8 Å². The summed E-state index contributed by atoms with van der Waals surface area (Å²) in [5.41, 5.74) is 4.37. The molecule has 0 spiro atoms. The third kappa shape index (κ3) is 3.37. The molecule has 2 heterocycles. The molecule has 28 heavy (non-hydrogen) atoms. The summed E-state index contributed by atoms with van der Waals surface area (Å²) in [6.45, 7) is 4.10. The van der Waals surface area contributed by atoms with Gasteiger partial charge < -0.3 is 5.11 Å². The van der Waals surface area contributed by atoms with Crippen molar-refractivity contribution >= 4 is 21.6 Å². The van der Waals surface area contributed by atoms with Gasteiger partial charge in [0.05, 0.1) is 24.4 Å². The molecule has 2 aromatic heterocycles. The smallest absolute Gasteiger partial charge is 0.262 e. The van der Waals surface area contributed by atoms with E-state index in [9.17, 15) is 14.3 Å². The number of hydrogen-bond acceptors (Lipinski definition) is 4. The Balaban J connectivity index is 1.76. The second-order valence-electron chi connectivity index (χ2n) is 6.90. The molecule has 2 aromatic carbocycles. The van der Waals surface area contributed by atoms with Crippen molar-refractivity contribution in [3.63, 3.8) is 0 Å². The summed E-state index contributed by atoms with van der Waals surface area (Å²) in [4.78, 5) is 18.2. The van der Waals surface area contributed by atoms with Crippen LogP contribution >= 0.6 is 11.3 Å². The zero-order valence-corrected chi connectivity index (χ0v) is 16.3. The lowest BCUT2D eigenvalue weighted by Crippen LogP contribution is -2.23. The predicted molar refractivity (Wildman–Crippen MR) is 110 cm³/mol. The van der Waals surface area contributed by atoms with Crippen molar-refractivity contribution in [1.82, 2.24) is 9.55 Å². The predicted octanol–water partition coefficient (Wildman–Crippen LogP) is 4.61. The molecule has 1 atom stereocenters. The van der Waals surface area contributed by atoms with Gasteiger partial charge in [-0.1, -0.05) is 30.3 Å². The summed E-state index contributed by atoms with van der Waals surface area (Å²) in [5, 5.41) is 12.9. The van der Waals surface area contributed by atoms with Crippen LogP contribution in [0, 0.1) is 19.7 Å². The van der Waals surface area contributed by atoms with Gasteiger partial charge in [0, 0.05) is 10.9 Å². The Hall–Kier alpha value is -2.83. The highest BCUT2D eigenvalue weighted by atomic mass is 32.1. The van der Waals surface area contributed by atoms with E-state index in [1.165, 1.54) is 46.0 Å². The number of benzene rings is 2. The van der Waals surface area contributed by atoms with Gasteiger partial charge in [0.25, 0.3) is 5.56 Å². The van der Waals surface area contributed by atoms with Crippen molar-refractivity contribution in [3.8, 4) is 11.1 Å². The van der Waals surface area contributed by atoms with Crippen molar-refractivity contribution in [3.05, 3.63) is 87.0 Å². The minimum Gasteiger partial charge on any atom is -0.387 e. The molecule has 0 aliphatic heterocycles. The second-order valence-corrected chi connectivity index (χ2v) is 7.76. The van der Waals surface area contributed by atoms with Gasteiger partial charge in [0.1, 0.15) is 10.6 Å². The van der Waals surface area contributed by atoms with Crippen molar-refractivity contribution in [2.75, 3.05) is 0 Å². The molecule has 4 rings (SSSR count). The van der Waals surface area contributed by atoms with Gasteiger partial charge in [-0.15, -0.1) is 11.3 Å². The summed E-state index contributed by atoms with van der Waals surface area (Å²) in [5.74, 6) is -0.424. The van der Waals surface area contributed by atoms with Crippen LogP contribution in [0.2, 0.25) is 0 Å². The molecule has 0 radical (unpaired) electrons. The second kappa shape index (κ2) is 7.30. The van der Waals surface area contributed by atoms with Gasteiger partial charge in [-0.3, -0.25) is 9.36 Å². The van der Waals surface area contributed by atoms with Gasteiger partial charge in [-0.2, -0.15) is 0 Å². The number of nitrogens with zero attached hydrogens (tertiary/aromatic N) is 2. The van der Waals surface area contributed by atoms with Crippen LogP contribution in [-0.2, 0) is 6.54 Å². The van der Waals surface area contributed by atoms with Crippen molar-refractivity contribution in [2.24, 2.45) is 0 Å². The third-order valence-electron chi connectivity index (χ3n) is 4.98. The van der Waals surface area contributed by atoms with E-state index in [4.69, 9.17) is 0 Å². The summed E-state index contributed by atoms with van der Waals surface area (Å²) in [6, 6.07) is 11.9. The van der Waals surface area contributed by atoms with E-state index in [-0.39, 0.29) is 12.1 Å². The van der Waals surface area contributed by atoms with E-state index in [1.807, 2.05) is 31.4 Å². The molecule has 1 unspecified atom stereocenters. The summed E-state index contributed by atoms with van der Waals surface area (Å²) in [6.07, 6.45) is 0.435. The van der Waals surface area contributed by atoms with Gasteiger partial charge in [0.2, 0.25) is 0 Å². The molecular formula is C22H19FN2O2S. The van der Waals surface area contributed by atoms with Crippen LogP contribution in [0.5, 0.6) is 0 Å². The average molecular weight is 394 g/mol. The van der Waals surface area contributed by atoms with Crippen LogP contribution in [0.4, 0.5) is 4.39 Å². The largest absolute Gasteiger partial charge is 0.387 e. The first-order valence-corrected chi connectivity index (χ1v) is 9.80. The van der Waals surface area contributed by atoms with Crippen LogP contribution < -0.4 is 5.56 Å². The van der Waals surface area contributed by atoms with Crippen LogP contribution in [0.3, 0.4) is 0 Å². The van der Waals surface area contributed by atoms with E-state index in [1.54, 1.807) is 6.07 Å². The number of thiophene rings is 1. The average Bonchev–Trinajstić information content (AvgIpc) is 3.11. The number of aliphatic hydroxyl groups excluding tert-OH is 1. The maximum Gasteiger partial charge on any atom is 0.262 e. The normalized spacial score (nSPS) is 12.4. The zero-order valence-electron chi connectivity index (χ0n) is 15.5. The molecule has 0 bridgehead atoms. The number of fused-ring (bicyclic) bond motifs is 1. The van der Waals surface area contributed by atoms with E-state index >= 15 is 0 Å². The standard InChI is InChI=1S/C22H19FN2O2S/c1-13-6-7-15(8-14(13)2)18-11-28-21-20(18)22(27)25(12-24-21)10-19(26)16-4-3-5-17(23)9-16/h3-9,11-12,19,26H,10H2,1-2H3. The summed E-state index contributed by atoms with van der Waals surface area (Å²) in [7, 11) is 0. The Morgan fingerprint density at radius 3 is 2.75 bits per heavy atom.